The van der Waals surface area contributed by atoms with Gasteiger partial charge in [-0.1, -0.05) is 219 Å². The van der Waals surface area contributed by atoms with Crippen molar-refractivity contribution in [3.63, 3.8) is 0 Å². The molecule has 1 amide bonds. The van der Waals surface area contributed by atoms with E-state index in [4.69, 9.17) is 28.4 Å². The molecule has 0 saturated carbocycles. The van der Waals surface area contributed by atoms with Crippen LogP contribution < -0.4 is 5.32 Å². The lowest BCUT2D eigenvalue weighted by Gasteiger charge is -2.48. The Morgan fingerprint density at radius 1 is 0.450 bits per heavy atom. The topological polar surface area (TPSA) is 327 Å². The fourth-order valence-electron chi connectivity index (χ4n) is 10.9. The Morgan fingerprint density at radius 3 is 1.21 bits per heavy atom. The molecule has 0 aromatic rings. The number of hydrogen-bond donors (Lipinski definition) is 13. The molecule has 0 spiro atoms. The molecular formula is C60H113NO19. The Kier molecular flexibility index (Phi) is 40.0. The third-order valence-electron chi connectivity index (χ3n) is 16.2. The monoisotopic (exact) mass is 1150 g/mol. The standard InChI is InChI=1S/C60H113NO19/c1-3-5-7-9-11-13-15-17-18-19-20-21-22-23-25-27-29-31-33-35-37-44(66)57(74)61-42(43(65)36-34-32-30-28-26-24-16-14-12-10-8-6-4-2)41-75-58-53(72)50(69)55(46(39-63)77-58)80-60-54(73)51(70)56(47(40-64)78-60)79-59-52(71)49(68)48(67)45(38-62)76-59/h34,36,42-56,58-60,62-73H,3-33,35,37-41H2,1-2H3,(H,61,74). The summed E-state index contributed by atoms with van der Waals surface area (Å²) in [7, 11) is 0. The number of ether oxygens (including phenoxy) is 6. The second kappa shape index (κ2) is 44.0. The van der Waals surface area contributed by atoms with Crippen molar-refractivity contribution in [1.82, 2.24) is 5.32 Å². The molecule has 3 rings (SSSR count). The van der Waals surface area contributed by atoms with Gasteiger partial charge >= 0.3 is 0 Å². The Hall–Kier alpha value is -1.51. The molecule has 0 aliphatic carbocycles. The highest BCUT2D eigenvalue weighted by Crippen LogP contribution is 2.33. The van der Waals surface area contributed by atoms with Crippen LogP contribution in [-0.4, -0.2) is 204 Å². The number of amides is 1. The highest BCUT2D eigenvalue weighted by atomic mass is 16.8. The summed E-state index contributed by atoms with van der Waals surface area (Å²) in [6.07, 6.45) is 13.6. The lowest BCUT2D eigenvalue weighted by atomic mass is 9.96. The number of aliphatic hydroxyl groups is 12. The second-order valence-corrected chi connectivity index (χ2v) is 23.0. The molecule has 18 unspecified atom stereocenters. The summed E-state index contributed by atoms with van der Waals surface area (Å²) in [5, 5.41) is 131. The van der Waals surface area contributed by atoms with Crippen molar-refractivity contribution in [2.75, 3.05) is 26.4 Å². The van der Waals surface area contributed by atoms with Crippen molar-refractivity contribution in [1.29, 1.82) is 0 Å². The minimum atomic E-state index is -2.00. The van der Waals surface area contributed by atoms with Gasteiger partial charge in [-0.2, -0.15) is 0 Å². The molecule has 20 heteroatoms. The van der Waals surface area contributed by atoms with Crippen LogP contribution >= 0.6 is 0 Å². The highest BCUT2D eigenvalue weighted by molar-refractivity contribution is 5.80. The Balaban J connectivity index is 1.49. The third kappa shape index (κ3) is 27.2. The number of carbonyl (C=O) groups is 1. The summed E-state index contributed by atoms with van der Waals surface area (Å²) in [5.41, 5.74) is 0. The molecule has 3 heterocycles. The van der Waals surface area contributed by atoms with Gasteiger partial charge in [-0.05, 0) is 19.3 Å². The van der Waals surface area contributed by atoms with Crippen LogP contribution in [0.3, 0.4) is 0 Å². The summed E-state index contributed by atoms with van der Waals surface area (Å²) in [6.45, 7) is 1.54. The number of unbranched alkanes of at least 4 members (excludes halogenated alkanes) is 30. The van der Waals surface area contributed by atoms with E-state index in [1.807, 2.05) is 6.08 Å². The molecule has 18 atom stereocenters. The molecule has 80 heavy (non-hydrogen) atoms. The Morgan fingerprint density at radius 2 is 0.800 bits per heavy atom. The number of rotatable bonds is 47. The van der Waals surface area contributed by atoms with E-state index in [1.54, 1.807) is 6.08 Å². The maximum Gasteiger partial charge on any atom is 0.249 e. The van der Waals surface area contributed by atoms with Crippen molar-refractivity contribution in [2.45, 2.75) is 336 Å². The van der Waals surface area contributed by atoms with Crippen molar-refractivity contribution in [3.8, 4) is 0 Å². The molecule has 3 aliphatic heterocycles. The van der Waals surface area contributed by atoms with Gasteiger partial charge in [-0.25, -0.2) is 0 Å². The quantitative estimate of drug-likeness (QED) is 0.0278. The van der Waals surface area contributed by atoms with Gasteiger partial charge in [0.1, 0.15) is 79.4 Å². The Labute approximate surface area is 478 Å². The van der Waals surface area contributed by atoms with Crippen LogP contribution in [0.25, 0.3) is 0 Å². The second-order valence-electron chi connectivity index (χ2n) is 23.0. The predicted octanol–water partition coefficient (Wildman–Crippen LogP) is 5.13. The van der Waals surface area contributed by atoms with E-state index in [-0.39, 0.29) is 6.42 Å². The van der Waals surface area contributed by atoms with Crippen molar-refractivity contribution in [3.05, 3.63) is 12.2 Å². The van der Waals surface area contributed by atoms with Gasteiger partial charge in [-0.3, -0.25) is 4.79 Å². The molecule has 3 aliphatic rings. The number of carbonyl (C=O) groups excluding carboxylic acids is 1. The van der Waals surface area contributed by atoms with E-state index >= 15 is 0 Å². The minimum Gasteiger partial charge on any atom is -0.394 e. The average molecular weight is 1150 g/mol. The van der Waals surface area contributed by atoms with Gasteiger partial charge < -0.3 is 95.0 Å². The first-order valence-electron chi connectivity index (χ1n) is 31.5. The van der Waals surface area contributed by atoms with E-state index in [1.165, 1.54) is 154 Å². The zero-order chi connectivity index (χ0) is 58.5. The fourth-order valence-corrected chi connectivity index (χ4v) is 10.9. The van der Waals surface area contributed by atoms with Crippen molar-refractivity contribution in [2.24, 2.45) is 0 Å². The third-order valence-corrected chi connectivity index (χ3v) is 16.2. The van der Waals surface area contributed by atoms with Gasteiger partial charge in [-0.15, -0.1) is 0 Å². The zero-order valence-electron chi connectivity index (χ0n) is 48.9. The summed E-state index contributed by atoms with van der Waals surface area (Å²) >= 11 is 0. The first-order chi connectivity index (χ1) is 38.7. The number of hydrogen-bond acceptors (Lipinski definition) is 19. The lowest BCUT2D eigenvalue weighted by Crippen LogP contribution is -2.66. The molecule has 20 nitrogen and oxygen atoms in total. The van der Waals surface area contributed by atoms with E-state index < -0.39 is 143 Å². The summed E-state index contributed by atoms with van der Waals surface area (Å²) in [6, 6.07) is -1.14. The van der Waals surface area contributed by atoms with Crippen LogP contribution in [0.1, 0.15) is 226 Å². The number of nitrogens with one attached hydrogen (secondary N) is 1. The van der Waals surface area contributed by atoms with Crippen molar-refractivity contribution < 1.29 is 94.5 Å². The summed E-state index contributed by atoms with van der Waals surface area (Å²) < 4.78 is 34.1. The largest absolute Gasteiger partial charge is 0.394 e. The van der Waals surface area contributed by atoms with Gasteiger partial charge in [0.15, 0.2) is 18.9 Å². The first kappa shape index (κ1) is 72.7. The number of aliphatic hydroxyl groups excluding tert-OH is 12. The predicted molar refractivity (Wildman–Crippen MR) is 302 cm³/mol. The van der Waals surface area contributed by atoms with Crippen molar-refractivity contribution >= 4 is 5.91 Å². The first-order valence-corrected chi connectivity index (χ1v) is 31.5. The van der Waals surface area contributed by atoms with Crippen LogP contribution in [0, 0.1) is 0 Å². The van der Waals surface area contributed by atoms with Gasteiger partial charge in [0.25, 0.3) is 0 Å². The molecule has 0 bridgehead atoms. The fraction of sp³-hybridized carbons (Fsp3) is 0.950. The molecule has 0 radical (unpaired) electrons. The maximum atomic E-state index is 13.4. The summed E-state index contributed by atoms with van der Waals surface area (Å²) in [4.78, 5) is 13.4. The van der Waals surface area contributed by atoms with E-state index in [0.717, 1.165) is 38.5 Å². The minimum absolute atomic E-state index is 0.223. The number of allylic oxidation sites excluding steroid dienone is 1. The molecule has 0 aromatic heterocycles. The average Bonchev–Trinajstić information content (AvgIpc) is 3.49. The van der Waals surface area contributed by atoms with Gasteiger partial charge in [0.2, 0.25) is 5.91 Å². The maximum absolute atomic E-state index is 13.4. The highest BCUT2D eigenvalue weighted by Gasteiger charge is 2.53. The van der Waals surface area contributed by atoms with Gasteiger partial charge in [0.05, 0.1) is 38.6 Å². The SMILES string of the molecule is CCCCCCCCCCCCCC=CC(O)C(COC1OC(CO)C(OC2OC(CO)C(OC3OC(CO)C(O)C(O)C3O)C(O)C2O)C(O)C1O)NC(=O)C(O)CCCCCCCCCCCCCCCCCCCCCC. The zero-order valence-corrected chi connectivity index (χ0v) is 48.9. The summed E-state index contributed by atoms with van der Waals surface area (Å²) in [5.74, 6) is -0.712. The van der Waals surface area contributed by atoms with Crippen LogP contribution in [0.15, 0.2) is 12.2 Å². The molecule has 3 saturated heterocycles. The molecule has 472 valence electrons. The van der Waals surface area contributed by atoms with Crippen LogP contribution in [0.4, 0.5) is 0 Å². The van der Waals surface area contributed by atoms with E-state index in [9.17, 15) is 66.1 Å². The van der Waals surface area contributed by atoms with E-state index in [2.05, 4.69) is 19.2 Å². The smallest absolute Gasteiger partial charge is 0.249 e. The molecule has 0 aromatic carbocycles. The Bertz CT molecular complexity index is 1530. The van der Waals surface area contributed by atoms with Gasteiger partial charge in [0, 0.05) is 0 Å². The normalized spacial score (nSPS) is 30.4. The molecular weight excluding hydrogens is 1040 g/mol. The van der Waals surface area contributed by atoms with Crippen LogP contribution in [-0.2, 0) is 33.2 Å². The molecule has 3 fully saturated rings. The van der Waals surface area contributed by atoms with Crippen LogP contribution in [0.2, 0.25) is 0 Å². The lowest BCUT2D eigenvalue weighted by molar-refractivity contribution is -0.379. The molecule has 13 N–H and O–H groups in total. The van der Waals surface area contributed by atoms with Crippen LogP contribution in [0.5, 0.6) is 0 Å². The van der Waals surface area contributed by atoms with E-state index in [0.29, 0.717) is 12.8 Å².